The molecule has 0 spiro atoms. The van der Waals surface area contributed by atoms with Crippen molar-refractivity contribution in [1.82, 2.24) is 0 Å². The summed E-state index contributed by atoms with van der Waals surface area (Å²) in [4.78, 5) is 23.1. The second kappa shape index (κ2) is 9.41. The first-order chi connectivity index (χ1) is 14.0. The van der Waals surface area contributed by atoms with Gasteiger partial charge in [-0.3, -0.25) is 9.59 Å². The third-order valence-corrected chi connectivity index (χ3v) is 4.15. The molecule has 0 aliphatic carbocycles. The van der Waals surface area contributed by atoms with Crippen LogP contribution in [0.5, 0.6) is 11.5 Å². The molecule has 6 heteroatoms. The number of nitrogens with one attached hydrogen (secondary N) is 1. The smallest absolute Gasteiger partial charge is 0.265 e. The zero-order chi connectivity index (χ0) is 20.6. The van der Waals surface area contributed by atoms with Crippen molar-refractivity contribution in [3.8, 4) is 22.6 Å². The van der Waals surface area contributed by atoms with Crippen LogP contribution in [0.1, 0.15) is 6.92 Å². The SMILES string of the molecule is CC(Oc1ccc(-c2ccccc2)cc1)C(=O)Nc1ccc(OCC(N)=O)cc1. The van der Waals surface area contributed by atoms with Crippen LogP contribution in [0, 0.1) is 0 Å². The molecule has 2 amide bonds. The number of nitrogens with two attached hydrogens (primary N) is 1. The summed E-state index contributed by atoms with van der Waals surface area (Å²) in [6.07, 6.45) is -0.677. The Kier molecular flexibility index (Phi) is 6.47. The minimum Gasteiger partial charge on any atom is -0.484 e. The molecule has 1 unspecified atom stereocenters. The van der Waals surface area contributed by atoms with Gasteiger partial charge < -0.3 is 20.5 Å². The fraction of sp³-hybridized carbons (Fsp3) is 0.130. The Morgan fingerprint density at radius 3 is 2.07 bits per heavy atom. The summed E-state index contributed by atoms with van der Waals surface area (Å²) in [5, 5.41) is 2.78. The van der Waals surface area contributed by atoms with Crippen molar-refractivity contribution in [3.63, 3.8) is 0 Å². The zero-order valence-corrected chi connectivity index (χ0v) is 16.0. The lowest BCUT2D eigenvalue weighted by Gasteiger charge is -2.15. The number of hydrogen-bond acceptors (Lipinski definition) is 4. The highest BCUT2D eigenvalue weighted by atomic mass is 16.5. The number of anilines is 1. The van der Waals surface area contributed by atoms with Crippen molar-refractivity contribution in [2.24, 2.45) is 5.73 Å². The van der Waals surface area contributed by atoms with Gasteiger partial charge in [-0.1, -0.05) is 42.5 Å². The van der Waals surface area contributed by atoms with E-state index in [9.17, 15) is 9.59 Å². The van der Waals surface area contributed by atoms with Gasteiger partial charge in [0, 0.05) is 5.69 Å². The number of benzene rings is 3. The van der Waals surface area contributed by atoms with Gasteiger partial charge >= 0.3 is 0 Å². The van der Waals surface area contributed by atoms with Crippen LogP contribution in [-0.4, -0.2) is 24.5 Å². The fourth-order valence-electron chi connectivity index (χ4n) is 2.65. The number of carbonyl (C=O) groups is 2. The van der Waals surface area contributed by atoms with Crippen LogP contribution in [0.2, 0.25) is 0 Å². The van der Waals surface area contributed by atoms with Crippen LogP contribution in [0.15, 0.2) is 78.9 Å². The third kappa shape index (κ3) is 5.84. The van der Waals surface area contributed by atoms with Gasteiger partial charge in [-0.25, -0.2) is 0 Å². The molecule has 0 aromatic heterocycles. The predicted molar refractivity (Wildman–Crippen MR) is 112 cm³/mol. The van der Waals surface area contributed by atoms with E-state index in [4.69, 9.17) is 15.2 Å². The average molecular weight is 390 g/mol. The van der Waals surface area contributed by atoms with E-state index in [0.717, 1.165) is 11.1 Å². The Labute approximate surface area is 169 Å². The van der Waals surface area contributed by atoms with Crippen molar-refractivity contribution < 1.29 is 19.1 Å². The molecule has 3 N–H and O–H groups in total. The largest absolute Gasteiger partial charge is 0.484 e. The highest BCUT2D eigenvalue weighted by Crippen LogP contribution is 2.23. The molecule has 0 fully saturated rings. The molecule has 0 aliphatic heterocycles. The van der Waals surface area contributed by atoms with Crippen molar-refractivity contribution in [2.75, 3.05) is 11.9 Å². The van der Waals surface area contributed by atoms with Gasteiger partial charge in [0.05, 0.1) is 0 Å². The van der Waals surface area contributed by atoms with Crippen LogP contribution in [0.25, 0.3) is 11.1 Å². The van der Waals surface area contributed by atoms with Gasteiger partial charge in [0.2, 0.25) is 0 Å². The Morgan fingerprint density at radius 2 is 1.45 bits per heavy atom. The molecule has 29 heavy (non-hydrogen) atoms. The maximum atomic E-state index is 12.4. The number of ether oxygens (including phenoxy) is 2. The summed E-state index contributed by atoms with van der Waals surface area (Å²) < 4.78 is 10.9. The maximum Gasteiger partial charge on any atom is 0.265 e. The summed E-state index contributed by atoms with van der Waals surface area (Å²) in [5.41, 5.74) is 7.83. The van der Waals surface area contributed by atoms with Gasteiger partial charge in [-0.05, 0) is 54.4 Å². The van der Waals surface area contributed by atoms with E-state index in [-0.39, 0.29) is 12.5 Å². The normalized spacial score (nSPS) is 11.3. The number of rotatable bonds is 8. The number of carbonyl (C=O) groups excluding carboxylic acids is 2. The van der Waals surface area contributed by atoms with Gasteiger partial charge in [0.25, 0.3) is 11.8 Å². The summed E-state index contributed by atoms with van der Waals surface area (Å²) in [6.45, 7) is 1.49. The Hall–Kier alpha value is -3.80. The molecule has 0 saturated carbocycles. The predicted octanol–water partition coefficient (Wildman–Crippen LogP) is 3.62. The third-order valence-electron chi connectivity index (χ3n) is 4.15. The molecule has 0 heterocycles. The van der Waals surface area contributed by atoms with Gasteiger partial charge in [-0.2, -0.15) is 0 Å². The van der Waals surface area contributed by atoms with Gasteiger partial charge in [0.15, 0.2) is 12.7 Å². The van der Waals surface area contributed by atoms with Gasteiger partial charge in [0.1, 0.15) is 11.5 Å². The minimum atomic E-state index is -0.677. The quantitative estimate of drug-likeness (QED) is 0.615. The second-order valence-corrected chi connectivity index (χ2v) is 6.42. The van der Waals surface area contributed by atoms with E-state index in [1.54, 1.807) is 31.2 Å². The first-order valence-corrected chi connectivity index (χ1v) is 9.15. The molecule has 148 valence electrons. The van der Waals surface area contributed by atoms with Crippen molar-refractivity contribution in [3.05, 3.63) is 78.9 Å². The molecular weight excluding hydrogens is 368 g/mol. The molecule has 3 aromatic carbocycles. The number of amides is 2. The van der Waals surface area contributed by atoms with Crippen LogP contribution in [-0.2, 0) is 9.59 Å². The van der Waals surface area contributed by atoms with Crippen molar-refractivity contribution >= 4 is 17.5 Å². The van der Waals surface area contributed by atoms with E-state index in [1.165, 1.54) is 0 Å². The topological polar surface area (TPSA) is 90.7 Å². The summed E-state index contributed by atoms with van der Waals surface area (Å²) in [5.74, 6) is 0.278. The number of hydrogen-bond donors (Lipinski definition) is 2. The highest BCUT2D eigenvalue weighted by molar-refractivity contribution is 5.94. The van der Waals surface area contributed by atoms with E-state index in [0.29, 0.717) is 17.2 Å². The average Bonchev–Trinajstić information content (AvgIpc) is 2.74. The van der Waals surface area contributed by atoms with Crippen LogP contribution >= 0.6 is 0 Å². The monoisotopic (exact) mass is 390 g/mol. The van der Waals surface area contributed by atoms with Crippen LogP contribution in [0.3, 0.4) is 0 Å². The second-order valence-electron chi connectivity index (χ2n) is 6.42. The van der Waals surface area contributed by atoms with E-state index in [2.05, 4.69) is 5.32 Å². The van der Waals surface area contributed by atoms with Crippen molar-refractivity contribution in [1.29, 1.82) is 0 Å². The standard InChI is InChI=1S/C23H22N2O4/c1-16(23(27)25-19-9-13-20(14-10-19)28-15-22(24)26)29-21-11-7-18(8-12-21)17-5-3-2-4-6-17/h2-14,16H,15H2,1H3,(H2,24,26)(H,25,27). The summed E-state index contributed by atoms with van der Waals surface area (Å²) in [7, 11) is 0. The van der Waals surface area contributed by atoms with E-state index < -0.39 is 12.0 Å². The molecule has 0 radical (unpaired) electrons. The first-order valence-electron chi connectivity index (χ1n) is 9.15. The molecule has 3 aromatic rings. The number of primary amides is 1. The summed E-state index contributed by atoms with van der Waals surface area (Å²) in [6, 6.07) is 24.3. The maximum absolute atomic E-state index is 12.4. The molecule has 3 rings (SSSR count). The molecule has 1 atom stereocenters. The van der Waals surface area contributed by atoms with E-state index in [1.807, 2.05) is 54.6 Å². The van der Waals surface area contributed by atoms with Gasteiger partial charge in [-0.15, -0.1) is 0 Å². The first kappa shape index (κ1) is 19.9. The lowest BCUT2D eigenvalue weighted by molar-refractivity contribution is -0.122. The summed E-state index contributed by atoms with van der Waals surface area (Å²) >= 11 is 0. The molecule has 0 aliphatic rings. The highest BCUT2D eigenvalue weighted by Gasteiger charge is 2.15. The molecule has 6 nitrogen and oxygen atoms in total. The molecule has 0 bridgehead atoms. The fourth-order valence-corrected chi connectivity index (χ4v) is 2.65. The lowest BCUT2D eigenvalue weighted by Crippen LogP contribution is -2.30. The minimum absolute atomic E-state index is 0.195. The Balaban J connectivity index is 1.54. The Bertz CT molecular complexity index is 954. The van der Waals surface area contributed by atoms with Crippen molar-refractivity contribution in [2.45, 2.75) is 13.0 Å². The van der Waals surface area contributed by atoms with Crippen LogP contribution < -0.4 is 20.5 Å². The molecular formula is C23H22N2O4. The lowest BCUT2D eigenvalue weighted by atomic mass is 10.1. The van der Waals surface area contributed by atoms with E-state index >= 15 is 0 Å². The zero-order valence-electron chi connectivity index (χ0n) is 16.0. The Morgan fingerprint density at radius 1 is 0.862 bits per heavy atom. The van der Waals surface area contributed by atoms with Crippen LogP contribution in [0.4, 0.5) is 5.69 Å². The molecule has 0 saturated heterocycles.